The van der Waals surface area contributed by atoms with Gasteiger partial charge >= 0.3 is 0 Å². The molecule has 0 bridgehead atoms. The summed E-state index contributed by atoms with van der Waals surface area (Å²) in [6, 6.07) is 1.82. The highest BCUT2D eigenvalue weighted by molar-refractivity contribution is 5.24. The maximum atomic E-state index is 8.48. The Labute approximate surface area is 65.3 Å². The van der Waals surface area contributed by atoms with Crippen LogP contribution in [0.15, 0.2) is 12.3 Å². The lowest BCUT2D eigenvalue weighted by molar-refractivity contribution is 0.311. The van der Waals surface area contributed by atoms with Gasteiger partial charge in [-0.3, -0.25) is 0 Å². The van der Waals surface area contributed by atoms with Gasteiger partial charge in [0.1, 0.15) is 0 Å². The molecule has 4 nitrogen and oxygen atoms in total. The van der Waals surface area contributed by atoms with Crippen molar-refractivity contribution in [3.8, 4) is 0 Å². The van der Waals surface area contributed by atoms with Gasteiger partial charge in [-0.1, -0.05) is 0 Å². The maximum Gasteiger partial charge on any atom is 0.222 e. The van der Waals surface area contributed by atoms with E-state index in [9.17, 15) is 0 Å². The van der Waals surface area contributed by atoms with E-state index >= 15 is 0 Å². The zero-order valence-corrected chi connectivity index (χ0v) is 6.41. The topological polar surface area (TPSA) is 58.0 Å². The fourth-order valence-electron chi connectivity index (χ4n) is 0.702. The van der Waals surface area contributed by atoms with E-state index in [2.05, 4.69) is 15.3 Å². The molecule has 0 aliphatic rings. The first-order valence-electron chi connectivity index (χ1n) is 3.47. The minimum Gasteiger partial charge on any atom is -0.395 e. The SMILES string of the molecule is Cc1ccnc(NCCO)n1. The van der Waals surface area contributed by atoms with E-state index in [0.29, 0.717) is 12.5 Å². The third-order valence-electron chi connectivity index (χ3n) is 1.19. The Morgan fingerprint density at radius 1 is 1.64 bits per heavy atom. The fraction of sp³-hybridized carbons (Fsp3) is 0.429. The molecule has 1 aromatic heterocycles. The number of aliphatic hydroxyl groups excluding tert-OH is 1. The Kier molecular flexibility index (Phi) is 2.80. The van der Waals surface area contributed by atoms with Crippen LogP contribution >= 0.6 is 0 Å². The van der Waals surface area contributed by atoms with E-state index in [-0.39, 0.29) is 6.61 Å². The van der Waals surface area contributed by atoms with E-state index in [1.807, 2.05) is 13.0 Å². The molecule has 0 radical (unpaired) electrons. The molecule has 1 aromatic rings. The average molecular weight is 153 g/mol. The predicted molar refractivity (Wildman–Crippen MR) is 42.3 cm³/mol. The van der Waals surface area contributed by atoms with Crippen LogP contribution in [-0.2, 0) is 0 Å². The van der Waals surface area contributed by atoms with E-state index < -0.39 is 0 Å². The maximum absolute atomic E-state index is 8.48. The van der Waals surface area contributed by atoms with Gasteiger partial charge < -0.3 is 10.4 Å². The van der Waals surface area contributed by atoms with E-state index in [1.165, 1.54) is 0 Å². The van der Waals surface area contributed by atoms with Gasteiger partial charge in [0.05, 0.1) is 6.61 Å². The highest BCUT2D eigenvalue weighted by Gasteiger charge is 1.92. The summed E-state index contributed by atoms with van der Waals surface area (Å²) < 4.78 is 0. The number of nitrogens with one attached hydrogen (secondary N) is 1. The molecule has 2 N–H and O–H groups in total. The molecule has 1 heterocycles. The number of hydrogen-bond acceptors (Lipinski definition) is 4. The first-order chi connectivity index (χ1) is 5.33. The van der Waals surface area contributed by atoms with Crippen molar-refractivity contribution in [3.05, 3.63) is 18.0 Å². The number of rotatable bonds is 3. The van der Waals surface area contributed by atoms with Gasteiger partial charge in [0.15, 0.2) is 0 Å². The van der Waals surface area contributed by atoms with Crippen molar-refractivity contribution in [2.24, 2.45) is 0 Å². The molecule has 0 atom stereocenters. The van der Waals surface area contributed by atoms with Crippen molar-refractivity contribution < 1.29 is 5.11 Å². The first-order valence-corrected chi connectivity index (χ1v) is 3.47. The normalized spacial score (nSPS) is 9.64. The summed E-state index contributed by atoms with van der Waals surface area (Å²) in [5, 5.41) is 11.3. The van der Waals surface area contributed by atoms with E-state index in [0.717, 1.165) is 5.69 Å². The Morgan fingerprint density at radius 2 is 2.45 bits per heavy atom. The summed E-state index contributed by atoms with van der Waals surface area (Å²) in [4.78, 5) is 8.02. The largest absolute Gasteiger partial charge is 0.395 e. The molecule has 0 aliphatic heterocycles. The molecule has 0 aliphatic carbocycles. The molecule has 11 heavy (non-hydrogen) atoms. The van der Waals surface area contributed by atoms with Crippen molar-refractivity contribution in [3.63, 3.8) is 0 Å². The number of aromatic nitrogens is 2. The van der Waals surface area contributed by atoms with Crippen LogP contribution in [0.25, 0.3) is 0 Å². The Morgan fingerprint density at radius 3 is 3.09 bits per heavy atom. The Bertz CT molecular complexity index is 227. The Balaban J connectivity index is 2.56. The zero-order valence-electron chi connectivity index (χ0n) is 6.41. The lowest BCUT2D eigenvalue weighted by atomic mass is 10.5. The molecule has 60 valence electrons. The number of anilines is 1. The quantitative estimate of drug-likeness (QED) is 0.650. The number of aliphatic hydroxyl groups is 1. The molecule has 0 amide bonds. The number of nitrogens with zero attached hydrogens (tertiary/aromatic N) is 2. The van der Waals surface area contributed by atoms with Crippen LogP contribution in [0.1, 0.15) is 5.69 Å². The minimum atomic E-state index is 0.0945. The molecule has 0 spiro atoms. The first kappa shape index (κ1) is 7.94. The van der Waals surface area contributed by atoms with Crippen molar-refractivity contribution in [1.29, 1.82) is 0 Å². The summed E-state index contributed by atoms with van der Waals surface area (Å²) in [6.45, 7) is 2.48. The van der Waals surface area contributed by atoms with Crippen molar-refractivity contribution in [2.75, 3.05) is 18.5 Å². The molecule has 0 fully saturated rings. The Hall–Kier alpha value is -1.16. The second kappa shape index (κ2) is 3.88. The standard InChI is InChI=1S/C7H11N3O/c1-6-2-3-8-7(10-6)9-4-5-11/h2-3,11H,4-5H2,1H3,(H,8,9,10). The van der Waals surface area contributed by atoms with Crippen molar-refractivity contribution in [2.45, 2.75) is 6.92 Å². The lowest BCUT2D eigenvalue weighted by Gasteiger charge is -2.01. The highest BCUT2D eigenvalue weighted by atomic mass is 16.3. The minimum absolute atomic E-state index is 0.0945. The molecular weight excluding hydrogens is 142 g/mol. The van der Waals surface area contributed by atoms with Crippen LogP contribution in [0, 0.1) is 6.92 Å². The average Bonchev–Trinajstić information content (AvgIpc) is 2.01. The van der Waals surface area contributed by atoms with Gasteiger partial charge in [-0.05, 0) is 13.0 Å². The summed E-state index contributed by atoms with van der Waals surface area (Å²) in [5.41, 5.74) is 0.917. The van der Waals surface area contributed by atoms with Gasteiger partial charge in [0, 0.05) is 18.4 Å². The number of hydrogen-bond donors (Lipinski definition) is 2. The molecular formula is C7H11N3O. The second-order valence-electron chi connectivity index (χ2n) is 2.17. The van der Waals surface area contributed by atoms with E-state index in [1.54, 1.807) is 6.20 Å². The van der Waals surface area contributed by atoms with Crippen LogP contribution in [0.5, 0.6) is 0 Å². The third-order valence-corrected chi connectivity index (χ3v) is 1.19. The summed E-state index contributed by atoms with van der Waals surface area (Å²) in [5.74, 6) is 0.569. The fourth-order valence-corrected chi connectivity index (χ4v) is 0.702. The summed E-state index contributed by atoms with van der Waals surface area (Å²) >= 11 is 0. The highest BCUT2D eigenvalue weighted by Crippen LogP contribution is 1.96. The van der Waals surface area contributed by atoms with Crippen LogP contribution < -0.4 is 5.32 Å². The van der Waals surface area contributed by atoms with Crippen LogP contribution in [0.4, 0.5) is 5.95 Å². The lowest BCUT2D eigenvalue weighted by Crippen LogP contribution is -2.08. The molecule has 0 saturated carbocycles. The van der Waals surface area contributed by atoms with Crippen LogP contribution in [0.3, 0.4) is 0 Å². The summed E-state index contributed by atoms with van der Waals surface area (Å²) in [7, 11) is 0. The third kappa shape index (κ3) is 2.51. The van der Waals surface area contributed by atoms with Crippen LogP contribution in [0.2, 0.25) is 0 Å². The van der Waals surface area contributed by atoms with Crippen molar-refractivity contribution in [1.82, 2.24) is 9.97 Å². The monoisotopic (exact) mass is 153 g/mol. The predicted octanol–water partition coefficient (Wildman–Crippen LogP) is 0.189. The zero-order chi connectivity index (χ0) is 8.10. The molecule has 0 saturated heterocycles. The van der Waals surface area contributed by atoms with E-state index in [4.69, 9.17) is 5.11 Å². The van der Waals surface area contributed by atoms with Gasteiger partial charge in [-0.25, -0.2) is 9.97 Å². The molecule has 1 rings (SSSR count). The second-order valence-corrected chi connectivity index (χ2v) is 2.17. The van der Waals surface area contributed by atoms with Crippen LogP contribution in [-0.4, -0.2) is 28.2 Å². The van der Waals surface area contributed by atoms with Crippen molar-refractivity contribution >= 4 is 5.95 Å². The summed E-state index contributed by atoms with van der Waals surface area (Å²) in [6.07, 6.45) is 1.68. The molecule has 4 heteroatoms. The van der Waals surface area contributed by atoms with Gasteiger partial charge in [-0.15, -0.1) is 0 Å². The van der Waals surface area contributed by atoms with Gasteiger partial charge in [-0.2, -0.15) is 0 Å². The van der Waals surface area contributed by atoms with Gasteiger partial charge in [0.25, 0.3) is 0 Å². The molecule has 0 aromatic carbocycles. The smallest absolute Gasteiger partial charge is 0.222 e. The molecule has 0 unspecified atom stereocenters. The van der Waals surface area contributed by atoms with Gasteiger partial charge in [0.2, 0.25) is 5.95 Å². The number of aryl methyl sites for hydroxylation is 1.